The number of nitrogens with one attached hydrogen (secondary N) is 2. The van der Waals surface area contributed by atoms with Crippen molar-refractivity contribution in [1.82, 2.24) is 5.32 Å². The molecule has 4 bridgehead atoms. The lowest BCUT2D eigenvalue weighted by Crippen LogP contribution is -2.61. The third-order valence-corrected chi connectivity index (χ3v) is 8.54. The molecule has 4 heteroatoms. The number of hydrogen-bond donors (Lipinski definition) is 2. The van der Waals surface area contributed by atoms with Crippen LogP contribution in [0.25, 0.3) is 0 Å². The number of carbonyl (C=O) groups excluding carboxylic acids is 2. The molecule has 0 unspecified atom stereocenters. The van der Waals surface area contributed by atoms with Crippen molar-refractivity contribution in [1.29, 1.82) is 0 Å². The smallest absolute Gasteiger partial charge is 0.247 e. The second-order valence-corrected chi connectivity index (χ2v) is 10.9. The molecule has 0 aromatic heterocycles. The van der Waals surface area contributed by atoms with E-state index in [1.54, 1.807) is 0 Å². The van der Waals surface area contributed by atoms with Gasteiger partial charge in [0.05, 0.1) is 0 Å². The molecule has 30 heavy (non-hydrogen) atoms. The maximum Gasteiger partial charge on any atom is 0.247 e. The van der Waals surface area contributed by atoms with Crippen molar-refractivity contribution >= 4 is 17.5 Å². The Morgan fingerprint density at radius 2 is 1.47 bits per heavy atom. The predicted molar refractivity (Wildman–Crippen MR) is 119 cm³/mol. The average molecular weight is 409 g/mol. The van der Waals surface area contributed by atoms with Crippen LogP contribution < -0.4 is 10.6 Å². The highest BCUT2D eigenvalue weighted by Crippen LogP contribution is 2.61. The van der Waals surface area contributed by atoms with E-state index in [-0.39, 0.29) is 23.1 Å². The van der Waals surface area contributed by atoms with E-state index in [0.29, 0.717) is 0 Å². The number of benzene rings is 1. The maximum absolute atomic E-state index is 13.6. The van der Waals surface area contributed by atoms with Crippen LogP contribution in [0.5, 0.6) is 0 Å². The molecule has 5 aliphatic rings. The van der Waals surface area contributed by atoms with Crippen LogP contribution in [0, 0.1) is 36.0 Å². The molecule has 0 heterocycles. The predicted octanol–water partition coefficient (Wildman–Crippen LogP) is 5.22. The largest absolute Gasteiger partial charge is 0.344 e. The van der Waals surface area contributed by atoms with Crippen LogP contribution in [0.4, 0.5) is 5.69 Å². The summed E-state index contributed by atoms with van der Waals surface area (Å²) in [4.78, 5) is 26.8. The first-order valence-electron chi connectivity index (χ1n) is 12.2. The van der Waals surface area contributed by atoms with E-state index in [0.717, 1.165) is 68.4 Å². The fraction of sp³-hybridized carbons (Fsp3) is 0.692. The molecule has 2 amide bonds. The summed E-state index contributed by atoms with van der Waals surface area (Å²) in [6, 6.07) is 7.58. The lowest BCUT2D eigenvalue weighted by Gasteiger charge is -2.59. The molecule has 0 aliphatic heterocycles. The average Bonchev–Trinajstić information content (AvgIpc) is 2.73. The molecule has 1 aromatic rings. The zero-order valence-electron chi connectivity index (χ0n) is 18.3. The van der Waals surface area contributed by atoms with Gasteiger partial charge in [-0.2, -0.15) is 0 Å². The van der Waals surface area contributed by atoms with Crippen LogP contribution in [0.1, 0.15) is 76.2 Å². The third kappa shape index (κ3) is 3.90. The Morgan fingerprint density at radius 1 is 0.900 bits per heavy atom. The molecule has 1 aromatic carbocycles. The number of aryl methyl sites for hydroxylation is 1. The van der Waals surface area contributed by atoms with Gasteiger partial charge in [-0.25, -0.2) is 0 Å². The van der Waals surface area contributed by atoms with E-state index in [9.17, 15) is 9.59 Å². The van der Waals surface area contributed by atoms with E-state index in [1.165, 1.54) is 31.2 Å². The van der Waals surface area contributed by atoms with Crippen molar-refractivity contribution < 1.29 is 9.59 Å². The van der Waals surface area contributed by atoms with Gasteiger partial charge in [0.25, 0.3) is 0 Å². The van der Waals surface area contributed by atoms with Gasteiger partial charge in [-0.15, -0.1) is 0 Å². The summed E-state index contributed by atoms with van der Waals surface area (Å²) in [5, 5.41) is 6.47. The van der Waals surface area contributed by atoms with E-state index >= 15 is 0 Å². The van der Waals surface area contributed by atoms with Crippen LogP contribution in [-0.2, 0) is 9.59 Å². The summed E-state index contributed by atoms with van der Waals surface area (Å²) in [5.41, 5.74) is 1.96. The lowest BCUT2D eigenvalue weighted by molar-refractivity contribution is -0.139. The minimum atomic E-state index is -0.401. The highest BCUT2D eigenvalue weighted by atomic mass is 16.2. The second-order valence-electron chi connectivity index (χ2n) is 10.9. The van der Waals surface area contributed by atoms with Gasteiger partial charge >= 0.3 is 0 Å². The van der Waals surface area contributed by atoms with Crippen molar-refractivity contribution in [2.24, 2.45) is 29.1 Å². The molecule has 1 atom stereocenters. The van der Waals surface area contributed by atoms with Gasteiger partial charge in [0.2, 0.25) is 11.8 Å². The van der Waals surface area contributed by atoms with Gasteiger partial charge in [-0.3, -0.25) is 9.59 Å². The fourth-order valence-electron chi connectivity index (χ4n) is 7.50. The Kier molecular flexibility index (Phi) is 5.37. The van der Waals surface area contributed by atoms with Crippen molar-refractivity contribution in [3.63, 3.8) is 0 Å². The monoisotopic (exact) mass is 408 g/mol. The molecule has 0 spiro atoms. The minimum Gasteiger partial charge on any atom is -0.344 e. The maximum atomic E-state index is 13.6. The summed E-state index contributed by atoms with van der Waals surface area (Å²) in [7, 11) is 0. The second kappa shape index (κ2) is 8.01. The van der Waals surface area contributed by atoms with Gasteiger partial charge in [0, 0.05) is 17.0 Å². The van der Waals surface area contributed by atoms with Crippen LogP contribution >= 0.6 is 0 Å². The topological polar surface area (TPSA) is 58.2 Å². The standard InChI is InChI=1S/C26H36N2O2/c1-17-7-9-22(10-8-17)27-25(30)23(28-24(29)21-5-3-2-4-6-21)26-14-18-11-19(15-26)13-20(12-18)16-26/h7-10,18-21,23H,2-6,11-16H2,1H3,(H,27,30)(H,28,29)/t18?,19?,20?,23-,26?/m1/s1. The lowest BCUT2D eigenvalue weighted by atomic mass is 9.47. The minimum absolute atomic E-state index is 0.00929. The van der Waals surface area contributed by atoms with Gasteiger partial charge in [-0.1, -0.05) is 37.0 Å². The quantitative estimate of drug-likeness (QED) is 0.702. The summed E-state index contributed by atoms with van der Waals surface area (Å²) >= 11 is 0. The van der Waals surface area contributed by atoms with Gasteiger partial charge in [-0.05, 0) is 88.2 Å². The van der Waals surface area contributed by atoms with Gasteiger partial charge < -0.3 is 10.6 Å². The Bertz CT molecular complexity index is 758. The first kappa shape index (κ1) is 20.1. The molecule has 6 rings (SSSR count). The number of amides is 2. The molecule has 5 aliphatic carbocycles. The summed E-state index contributed by atoms with van der Waals surface area (Å²) < 4.78 is 0. The molecule has 0 saturated heterocycles. The van der Waals surface area contributed by atoms with E-state index in [2.05, 4.69) is 10.6 Å². The molecule has 0 radical (unpaired) electrons. The molecule has 5 saturated carbocycles. The van der Waals surface area contributed by atoms with Crippen LogP contribution in [0.2, 0.25) is 0 Å². The van der Waals surface area contributed by atoms with Crippen molar-refractivity contribution in [2.45, 2.75) is 83.6 Å². The molecular weight excluding hydrogens is 372 g/mol. The number of rotatable bonds is 5. The molecule has 162 valence electrons. The van der Waals surface area contributed by atoms with Gasteiger partial charge in [0.15, 0.2) is 0 Å². The summed E-state index contributed by atoms with van der Waals surface area (Å²) in [5.74, 6) is 2.44. The van der Waals surface area contributed by atoms with Crippen molar-refractivity contribution in [3.05, 3.63) is 29.8 Å². The zero-order valence-corrected chi connectivity index (χ0v) is 18.3. The highest BCUT2D eigenvalue weighted by Gasteiger charge is 2.56. The normalized spacial score (nSPS) is 33.8. The SMILES string of the molecule is Cc1ccc(NC(=O)[C@@H](NC(=O)C2CCCCC2)C23CC4CC(CC(C4)C2)C3)cc1. The summed E-state index contributed by atoms with van der Waals surface area (Å²) in [6.07, 6.45) is 12.8. The summed E-state index contributed by atoms with van der Waals surface area (Å²) in [6.45, 7) is 2.05. The Morgan fingerprint density at radius 3 is 2.03 bits per heavy atom. The van der Waals surface area contributed by atoms with Crippen LogP contribution in [-0.4, -0.2) is 17.9 Å². The Hall–Kier alpha value is -1.84. The van der Waals surface area contributed by atoms with E-state index in [4.69, 9.17) is 0 Å². The third-order valence-electron chi connectivity index (χ3n) is 8.54. The Labute approximate surface area is 180 Å². The molecule has 4 nitrogen and oxygen atoms in total. The molecule has 5 fully saturated rings. The molecule has 2 N–H and O–H groups in total. The number of anilines is 1. The number of carbonyl (C=O) groups is 2. The Balaban J connectivity index is 1.39. The highest BCUT2D eigenvalue weighted by molar-refractivity contribution is 5.98. The van der Waals surface area contributed by atoms with Crippen molar-refractivity contribution in [3.8, 4) is 0 Å². The van der Waals surface area contributed by atoms with E-state index in [1.807, 2.05) is 31.2 Å². The first-order valence-corrected chi connectivity index (χ1v) is 12.2. The zero-order chi connectivity index (χ0) is 20.7. The van der Waals surface area contributed by atoms with Crippen LogP contribution in [0.3, 0.4) is 0 Å². The van der Waals surface area contributed by atoms with E-state index < -0.39 is 6.04 Å². The van der Waals surface area contributed by atoms with Crippen molar-refractivity contribution in [2.75, 3.05) is 5.32 Å². The number of hydrogen-bond acceptors (Lipinski definition) is 2. The van der Waals surface area contributed by atoms with Gasteiger partial charge in [0.1, 0.15) is 6.04 Å². The first-order chi connectivity index (χ1) is 14.5. The molecular formula is C26H36N2O2. The fourth-order valence-corrected chi connectivity index (χ4v) is 7.50. The van der Waals surface area contributed by atoms with Crippen LogP contribution in [0.15, 0.2) is 24.3 Å².